The number of nitrogen functional groups attached to an aromatic ring is 1. The van der Waals surface area contributed by atoms with Crippen molar-refractivity contribution in [3.05, 3.63) is 23.9 Å². The highest BCUT2D eigenvalue weighted by Crippen LogP contribution is 2.18. The maximum atomic E-state index is 12.3. The molecule has 1 amide bonds. The fourth-order valence-corrected chi connectivity index (χ4v) is 2.16. The Labute approximate surface area is 111 Å². The van der Waals surface area contributed by atoms with E-state index in [0.29, 0.717) is 24.6 Å². The monoisotopic (exact) mass is 266 g/mol. The summed E-state index contributed by atoms with van der Waals surface area (Å²) in [6.45, 7) is 0.992. The molecule has 0 spiro atoms. The summed E-state index contributed by atoms with van der Waals surface area (Å²) in [6.07, 6.45) is -0.213. The second-order valence-electron chi connectivity index (χ2n) is 4.31. The van der Waals surface area contributed by atoms with Crippen molar-refractivity contribution in [3.63, 3.8) is 0 Å². The van der Waals surface area contributed by atoms with Crippen molar-refractivity contribution >= 4 is 11.7 Å². The van der Waals surface area contributed by atoms with Crippen LogP contribution in [0.1, 0.15) is 10.5 Å². The number of nitrogens with two attached hydrogens (primary N) is 1. The zero-order valence-electron chi connectivity index (χ0n) is 11.0. The lowest BCUT2D eigenvalue weighted by Gasteiger charge is -2.15. The Morgan fingerprint density at radius 1 is 1.37 bits per heavy atom. The number of aromatic nitrogens is 1. The van der Waals surface area contributed by atoms with E-state index < -0.39 is 0 Å². The first-order chi connectivity index (χ1) is 9.19. The molecule has 0 saturated carbocycles. The molecule has 3 N–H and O–H groups in total. The molecule has 0 bridgehead atoms. The van der Waals surface area contributed by atoms with E-state index in [0.717, 1.165) is 0 Å². The summed E-state index contributed by atoms with van der Waals surface area (Å²) in [4.78, 5) is 18.1. The lowest BCUT2D eigenvalue weighted by Crippen LogP contribution is -2.31. The third kappa shape index (κ3) is 2.83. The molecule has 0 aromatic carbocycles. The van der Waals surface area contributed by atoms with Crippen LogP contribution in [0.4, 0.5) is 5.82 Å². The minimum absolute atomic E-state index is 0.107. The summed E-state index contributed by atoms with van der Waals surface area (Å²) in [5.74, 6) is 5.58. The van der Waals surface area contributed by atoms with E-state index in [1.54, 1.807) is 37.3 Å². The van der Waals surface area contributed by atoms with E-state index >= 15 is 0 Å². The summed E-state index contributed by atoms with van der Waals surface area (Å²) in [7, 11) is 3.23. The maximum absolute atomic E-state index is 12.3. The summed E-state index contributed by atoms with van der Waals surface area (Å²) in [6, 6.07) is 5.08. The SMILES string of the molecule is COC1CN(C(=O)c2cccc(NN)n2)CC1OC. The molecule has 1 aliphatic heterocycles. The number of nitrogens with zero attached hydrogens (tertiary/aromatic N) is 2. The van der Waals surface area contributed by atoms with Gasteiger partial charge in [-0.1, -0.05) is 6.07 Å². The summed E-state index contributed by atoms with van der Waals surface area (Å²) in [5.41, 5.74) is 2.77. The van der Waals surface area contributed by atoms with Crippen LogP contribution in [0, 0.1) is 0 Å². The number of ether oxygens (including phenoxy) is 2. The van der Waals surface area contributed by atoms with Crippen LogP contribution in [0.15, 0.2) is 18.2 Å². The highest BCUT2D eigenvalue weighted by molar-refractivity contribution is 5.93. The van der Waals surface area contributed by atoms with Gasteiger partial charge in [0.15, 0.2) is 0 Å². The van der Waals surface area contributed by atoms with Crippen LogP contribution in [-0.2, 0) is 9.47 Å². The van der Waals surface area contributed by atoms with Crippen LogP contribution in [0.3, 0.4) is 0 Å². The molecule has 1 fully saturated rings. The maximum Gasteiger partial charge on any atom is 0.272 e. The first-order valence-electron chi connectivity index (χ1n) is 5.98. The molecule has 7 heteroatoms. The number of likely N-dealkylation sites (tertiary alicyclic amines) is 1. The fraction of sp³-hybridized carbons (Fsp3) is 0.500. The minimum atomic E-state index is -0.154. The number of hydrazine groups is 1. The standard InChI is InChI=1S/C12H18N4O3/c1-18-9-6-16(7-10(9)19-2)12(17)8-4-3-5-11(14-8)15-13/h3-5,9-10H,6-7,13H2,1-2H3,(H,14,15). The van der Waals surface area contributed by atoms with Crippen molar-refractivity contribution in [2.45, 2.75) is 12.2 Å². The molecule has 0 aliphatic carbocycles. The van der Waals surface area contributed by atoms with Crippen LogP contribution >= 0.6 is 0 Å². The molecule has 104 valence electrons. The van der Waals surface area contributed by atoms with Crippen molar-refractivity contribution in [1.82, 2.24) is 9.88 Å². The van der Waals surface area contributed by atoms with Gasteiger partial charge in [0, 0.05) is 27.3 Å². The van der Waals surface area contributed by atoms with E-state index in [1.807, 2.05) is 0 Å². The molecule has 1 aliphatic rings. The quantitative estimate of drug-likeness (QED) is 0.582. The first kappa shape index (κ1) is 13.7. The van der Waals surface area contributed by atoms with Gasteiger partial charge >= 0.3 is 0 Å². The summed E-state index contributed by atoms with van der Waals surface area (Å²) in [5, 5.41) is 0. The number of nitrogens with one attached hydrogen (secondary N) is 1. The molecule has 2 heterocycles. The zero-order valence-corrected chi connectivity index (χ0v) is 11.0. The molecule has 1 saturated heterocycles. The first-order valence-corrected chi connectivity index (χ1v) is 5.98. The van der Waals surface area contributed by atoms with Gasteiger partial charge in [0.2, 0.25) is 0 Å². The summed E-state index contributed by atoms with van der Waals surface area (Å²) < 4.78 is 10.6. The average Bonchev–Trinajstić information content (AvgIpc) is 2.89. The van der Waals surface area contributed by atoms with E-state index in [2.05, 4.69) is 10.4 Å². The average molecular weight is 266 g/mol. The van der Waals surface area contributed by atoms with Crippen molar-refractivity contribution in [2.24, 2.45) is 5.84 Å². The predicted octanol–water partition coefficient (Wildman–Crippen LogP) is -0.147. The number of carbonyl (C=O) groups is 1. The highest BCUT2D eigenvalue weighted by atomic mass is 16.5. The van der Waals surface area contributed by atoms with Crippen LogP contribution in [0.2, 0.25) is 0 Å². The molecule has 1 aromatic rings. The van der Waals surface area contributed by atoms with Crippen molar-refractivity contribution in [2.75, 3.05) is 32.7 Å². The van der Waals surface area contributed by atoms with Gasteiger partial charge < -0.3 is 19.8 Å². The molecule has 2 rings (SSSR count). The van der Waals surface area contributed by atoms with Crippen LogP contribution in [-0.4, -0.2) is 55.3 Å². The van der Waals surface area contributed by atoms with Crippen LogP contribution in [0.25, 0.3) is 0 Å². The number of hydrogen-bond donors (Lipinski definition) is 2. The van der Waals surface area contributed by atoms with Gasteiger partial charge in [-0.15, -0.1) is 0 Å². The molecule has 2 atom stereocenters. The van der Waals surface area contributed by atoms with Gasteiger partial charge in [-0.05, 0) is 12.1 Å². The lowest BCUT2D eigenvalue weighted by atomic mass is 10.3. The topological polar surface area (TPSA) is 89.7 Å². The Bertz CT molecular complexity index is 442. The second-order valence-corrected chi connectivity index (χ2v) is 4.31. The van der Waals surface area contributed by atoms with Crippen molar-refractivity contribution < 1.29 is 14.3 Å². The number of anilines is 1. The molecule has 19 heavy (non-hydrogen) atoms. The zero-order chi connectivity index (χ0) is 13.8. The lowest BCUT2D eigenvalue weighted by molar-refractivity contribution is -0.00461. The van der Waals surface area contributed by atoms with E-state index in [4.69, 9.17) is 15.3 Å². The fourth-order valence-electron chi connectivity index (χ4n) is 2.16. The van der Waals surface area contributed by atoms with Crippen LogP contribution in [0.5, 0.6) is 0 Å². The largest absolute Gasteiger partial charge is 0.377 e. The predicted molar refractivity (Wildman–Crippen MR) is 69.5 cm³/mol. The Morgan fingerprint density at radius 2 is 2.00 bits per heavy atom. The Hall–Kier alpha value is -1.70. The highest BCUT2D eigenvalue weighted by Gasteiger charge is 2.36. The number of methoxy groups -OCH3 is 2. The van der Waals surface area contributed by atoms with Gasteiger partial charge in [-0.25, -0.2) is 10.8 Å². The van der Waals surface area contributed by atoms with Gasteiger partial charge in [-0.2, -0.15) is 0 Å². The van der Waals surface area contributed by atoms with Crippen molar-refractivity contribution in [3.8, 4) is 0 Å². The Kier molecular flexibility index (Phi) is 4.31. The third-order valence-corrected chi connectivity index (χ3v) is 3.22. The molecule has 7 nitrogen and oxygen atoms in total. The van der Waals surface area contributed by atoms with Gasteiger partial charge in [0.1, 0.15) is 23.7 Å². The number of pyridine rings is 1. The van der Waals surface area contributed by atoms with Gasteiger partial charge in [0.25, 0.3) is 5.91 Å². The molecule has 1 aromatic heterocycles. The van der Waals surface area contributed by atoms with E-state index in [1.165, 1.54) is 0 Å². The third-order valence-electron chi connectivity index (χ3n) is 3.22. The number of amides is 1. The number of rotatable bonds is 4. The minimum Gasteiger partial charge on any atom is -0.377 e. The number of carbonyl (C=O) groups excluding carboxylic acids is 1. The van der Waals surface area contributed by atoms with Crippen LogP contribution < -0.4 is 11.3 Å². The molecule has 2 unspecified atom stereocenters. The molecule has 0 radical (unpaired) electrons. The van der Waals surface area contributed by atoms with Gasteiger partial charge in [0.05, 0.1) is 0 Å². The second kappa shape index (κ2) is 5.96. The van der Waals surface area contributed by atoms with Gasteiger partial charge in [-0.3, -0.25) is 4.79 Å². The summed E-state index contributed by atoms with van der Waals surface area (Å²) >= 11 is 0. The smallest absolute Gasteiger partial charge is 0.272 e. The number of hydrogen-bond acceptors (Lipinski definition) is 6. The molecular weight excluding hydrogens is 248 g/mol. The molecular formula is C12H18N4O3. The Morgan fingerprint density at radius 3 is 2.53 bits per heavy atom. The Balaban J connectivity index is 2.12. The van der Waals surface area contributed by atoms with E-state index in [9.17, 15) is 4.79 Å². The normalized spacial score (nSPS) is 22.6. The van der Waals surface area contributed by atoms with E-state index in [-0.39, 0.29) is 18.1 Å². The van der Waals surface area contributed by atoms with Crippen molar-refractivity contribution in [1.29, 1.82) is 0 Å².